The van der Waals surface area contributed by atoms with Crippen LogP contribution in [0.4, 0.5) is 0 Å². The van der Waals surface area contributed by atoms with Crippen molar-refractivity contribution in [3.8, 4) is 0 Å². The first kappa shape index (κ1) is 15.6. The zero-order valence-corrected chi connectivity index (χ0v) is 13.6. The van der Waals surface area contributed by atoms with Crippen molar-refractivity contribution < 1.29 is 0 Å². The highest BCUT2D eigenvalue weighted by Crippen LogP contribution is 2.18. The van der Waals surface area contributed by atoms with E-state index in [1.54, 1.807) is 11.3 Å². The number of aromatic nitrogens is 1. The Balaban J connectivity index is 1.81. The van der Waals surface area contributed by atoms with Crippen LogP contribution in [0.1, 0.15) is 25.3 Å². The molecule has 0 spiro atoms. The highest BCUT2D eigenvalue weighted by Gasteiger charge is 2.05. The molecule has 2 aromatic rings. The predicted molar refractivity (Wildman–Crippen MR) is 91.1 cm³/mol. The number of hydrogen-bond donors (Lipinski definition) is 2. The van der Waals surface area contributed by atoms with Gasteiger partial charge in [0.15, 0.2) is 5.96 Å². The van der Waals surface area contributed by atoms with Crippen molar-refractivity contribution in [2.45, 2.75) is 26.3 Å². The normalized spacial score (nSPS) is 13.1. The van der Waals surface area contributed by atoms with Gasteiger partial charge in [-0.2, -0.15) is 11.3 Å². The SMILES string of the molecule is CCNC(=NCC(C)c1ccsc1)NCCn1cccc1. The van der Waals surface area contributed by atoms with Gasteiger partial charge in [-0.25, -0.2) is 0 Å². The number of thiophene rings is 1. The summed E-state index contributed by atoms with van der Waals surface area (Å²) in [4.78, 5) is 4.68. The molecule has 114 valence electrons. The van der Waals surface area contributed by atoms with Crippen molar-refractivity contribution >= 4 is 17.3 Å². The third-order valence-electron chi connectivity index (χ3n) is 3.31. The summed E-state index contributed by atoms with van der Waals surface area (Å²) in [5.41, 5.74) is 1.37. The molecule has 0 aliphatic rings. The summed E-state index contributed by atoms with van der Waals surface area (Å²) in [7, 11) is 0. The highest BCUT2D eigenvalue weighted by atomic mass is 32.1. The van der Waals surface area contributed by atoms with Crippen LogP contribution < -0.4 is 10.6 Å². The molecule has 1 atom stereocenters. The van der Waals surface area contributed by atoms with Crippen molar-refractivity contribution in [2.75, 3.05) is 19.6 Å². The third-order valence-corrected chi connectivity index (χ3v) is 4.01. The number of nitrogens with zero attached hydrogens (tertiary/aromatic N) is 2. The van der Waals surface area contributed by atoms with Gasteiger partial charge < -0.3 is 15.2 Å². The Labute approximate surface area is 130 Å². The lowest BCUT2D eigenvalue weighted by atomic mass is 10.1. The largest absolute Gasteiger partial charge is 0.357 e. The molecular weight excluding hydrogens is 280 g/mol. The Morgan fingerprint density at radius 1 is 1.33 bits per heavy atom. The van der Waals surface area contributed by atoms with Gasteiger partial charge in [0.05, 0.1) is 0 Å². The van der Waals surface area contributed by atoms with Crippen LogP contribution in [0, 0.1) is 0 Å². The second-order valence-corrected chi connectivity index (χ2v) is 5.81. The maximum Gasteiger partial charge on any atom is 0.191 e. The Kier molecular flexibility index (Phi) is 6.34. The van der Waals surface area contributed by atoms with E-state index in [1.165, 1.54) is 5.56 Å². The minimum Gasteiger partial charge on any atom is -0.357 e. The Hall–Kier alpha value is -1.75. The van der Waals surface area contributed by atoms with E-state index in [0.29, 0.717) is 5.92 Å². The predicted octanol–water partition coefficient (Wildman–Crippen LogP) is 2.91. The molecule has 0 aliphatic heterocycles. The molecule has 0 amide bonds. The van der Waals surface area contributed by atoms with Crippen LogP contribution in [0.3, 0.4) is 0 Å². The van der Waals surface area contributed by atoms with Gasteiger partial charge in [0, 0.05) is 44.5 Å². The Bertz CT molecular complexity index is 516. The Morgan fingerprint density at radius 2 is 2.14 bits per heavy atom. The molecule has 2 aromatic heterocycles. The van der Waals surface area contributed by atoms with Crippen LogP contribution >= 0.6 is 11.3 Å². The van der Waals surface area contributed by atoms with Crippen LogP contribution in [-0.2, 0) is 6.54 Å². The van der Waals surface area contributed by atoms with Crippen LogP contribution in [0.15, 0.2) is 46.3 Å². The van der Waals surface area contributed by atoms with E-state index in [4.69, 9.17) is 0 Å². The van der Waals surface area contributed by atoms with Gasteiger partial charge >= 0.3 is 0 Å². The molecule has 4 nitrogen and oxygen atoms in total. The molecule has 2 rings (SSSR count). The first-order chi connectivity index (χ1) is 10.3. The number of aliphatic imine (C=N–C) groups is 1. The molecule has 1 unspecified atom stereocenters. The topological polar surface area (TPSA) is 41.4 Å². The molecule has 0 aliphatic carbocycles. The second-order valence-electron chi connectivity index (χ2n) is 5.03. The standard InChI is InChI=1S/C16H24N4S/c1-3-17-16(18-7-10-20-8-4-5-9-20)19-12-14(2)15-6-11-21-13-15/h4-6,8-9,11,13-14H,3,7,10,12H2,1-2H3,(H2,17,18,19). The lowest BCUT2D eigenvalue weighted by Gasteiger charge is -2.13. The summed E-state index contributed by atoms with van der Waals surface area (Å²) in [5.74, 6) is 1.35. The van der Waals surface area contributed by atoms with Crippen LogP contribution in [0.5, 0.6) is 0 Å². The maximum atomic E-state index is 4.68. The Morgan fingerprint density at radius 3 is 2.81 bits per heavy atom. The van der Waals surface area contributed by atoms with Crippen molar-refractivity contribution in [3.63, 3.8) is 0 Å². The van der Waals surface area contributed by atoms with E-state index in [0.717, 1.165) is 32.1 Å². The number of rotatable bonds is 7. The van der Waals surface area contributed by atoms with Gasteiger partial charge in [-0.15, -0.1) is 0 Å². The van der Waals surface area contributed by atoms with Crippen LogP contribution in [0.2, 0.25) is 0 Å². The molecule has 0 aromatic carbocycles. The average Bonchev–Trinajstić information content (AvgIpc) is 3.17. The smallest absolute Gasteiger partial charge is 0.191 e. The summed E-state index contributed by atoms with van der Waals surface area (Å²) in [6, 6.07) is 6.26. The van der Waals surface area contributed by atoms with Gasteiger partial charge in [0.2, 0.25) is 0 Å². The quantitative estimate of drug-likeness (QED) is 0.610. The summed E-state index contributed by atoms with van der Waals surface area (Å²) < 4.78 is 2.16. The van der Waals surface area contributed by atoms with E-state index < -0.39 is 0 Å². The lowest BCUT2D eigenvalue weighted by Crippen LogP contribution is -2.39. The molecule has 0 fully saturated rings. The van der Waals surface area contributed by atoms with E-state index in [2.05, 4.69) is 63.3 Å². The fraction of sp³-hybridized carbons (Fsp3) is 0.438. The molecule has 0 radical (unpaired) electrons. The summed E-state index contributed by atoms with van der Waals surface area (Å²) >= 11 is 1.74. The zero-order valence-electron chi connectivity index (χ0n) is 12.7. The van der Waals surface area contributed by atoms with Crippen molar-refractivity contribution in [3.05, 3.63) is 46.9 Å². The highest BCUT2D eigenvalue weighted by molar-refractivity contribution is 7.07. The van der Waals surface area contributed by atoms with E-state index in [-0.39, 0.29) is 0 Å². The fourth-order valence-corrected chi connectivity index (χ4v) is 2.84. The van der Waals surface area contributed by atoms with Gasteiger partial charge in [-0.05, 0) is 41.4 Å². The fourth-order valence-electron chi connectivity index (χ4n) is 2.05. The van der Waals surface area contributed by atoms with E-state index in [1.807, 2.05) is 12.1 Å². The molecule has 2 heterocycles. The monoisotopic (exact) mass is 304 g/mol. The number of nitrogens with one attached hydrogen (secondary N) is 2. The van der Waals surface area contributed by atoms with Gasteiger partial charge in [-0.3, -0.25) is 4.99 Å². The first-order valence-corrected chi connectivity index (χ1v) is 8.39. The summed E-state index contributed by atoms with van der Waals surface area (Å²) in [6.45, 7) is 7.79. The molecule has 0 saturated heterocycles. The molecular formula is C16H24N4S. The van der Waals surface area contributed by atoms with Crippen molar-refractivity contribution in [2.24, 2.45) is 4.99 Å². The lowest BCUT2D eigenvalue weighted by molar-refractivity contribution is 0.662. The van der Waals surface area contributed by atoms with Gasteiger partial charge in [0.1, 0.15) is 0 Å². The first-order valence-electron chi connectivity index (χ1n) is 7.44. The average molecular weight is 304 g/mol. The number of hydrogen-bond acceptors (Lipinski definition) is 2. The summed E-state index contributed by atoms with van der Waals surface area (Å²) in [6.07, 6.45) is 4.15. The summed E-state index contributed by atoms with van der Waals surface area (Å²) in [5, 5.41) is 11.0. The van der Waals surface area contributed by atoms with Crippen molar-refractivity contribution in [1.82, 2.24) is 15.2 Å². The molecule has 21 heavy (non-hydrogen) atoms. The molecule has 0 bridgehead atoms. The molecule has 2 N–H and O–H groups in total. The van der Waals surface area contributed by atoms with Crippen molar-refractivity contribution in [1.29, 1.82) is 0 Å². The molecule has 0 saturated carbocycles. The minimum absolute atomic E-state index is 0.455. The van der Waals surface area contributed by atoms with Crippen LogP contribution in [-0.4, -0.2) is 30.2 Å². The second kappa shape index (κ2) is 8.52. The minimum atomic E-state index is 0.455. The number of guanidine groups is 1. The third kappa shape index (κ3) is 5.27. The van der Waals surface area contributed by atoms with E-state index >= 15 is 0 Å². The molecule has 5 heteroatoms. The van der Waals surface area contributed by atoms with E-state index in [9.17, 15) is 0 Å². The van der Waals surface area contributed by atoms with Gasteiger partial charge in [-0.1, -0.05) is 6.92 Å². The van der Waals surface area contributed by atoms with Gasteiger partial charge in [0.25, 0.3) is 0 Å². The zero-order chi connectivity index (χ0) is 14.9. The van der Waals surface area contributed by atoms with Crippen LogP contribution in [0.25, 0.3) is 0 Å². The maximum absolute atomic E-state index is 4.68.